The molecule has 6 nitrogen and oxygen atoms in total. The van der Waals surface area contributed by atoms with Crippen molar-refractivity contribution in [3.63, 3.8) is 0 Å². The summed E-state index contributed by atoms with van der Waals surface area (Å²) >= 11 is 0. The molecule has 0 radical (unpaired) electrons. The number of nitrogens with zero attached hydrogens (tertiary/aromatic N) is 2. The van der Waals surface area contributed by atoms with Crippen molar-refractivity contribution in [1.82, 2.24) is 10.2 Å². The highest BCUT2D eigenvalue weighted by atomic mass is 16.5. The second kappa shape index (κ2) is 9.22. The fourth-order valence-electron chi connectivity index (χ4n) is 3.86. The van der Waals surface area contributed by atoms with E-state index >= 15 is 0 Å². The molecule has 2 amide bonds. The Hall–Kier alpha value is -2.08. The molecule has 1 atom stereocenters. The Bertz CT molecular complexity index is 677. The number of carbonyl (C=O) groups is 2. The summed E-state index contributed by atoms with van der Waals surface area (Å²) < 4.78 is 5.50. The van der Waals surface area contributed by atoms with Crippen LogP contribution >= 0.6 is 0 Å². The van der Waals surface area contributed by atoms with E-state index in [0.29, 0.717) is 31.3 Å². The Labute approximate surface area is 161 Å². The van der Waals surface area contributed by atoms with E-state index in [1.165, 1.54) is 25.8 Å². The Morgan fingerprint density at radius 3 is 2.96 bits per heavy atom. The largest absolute Gasteiger partial charge is 0.482 e. The smallest absolute Gasteiger partial charge is 0.265 e. The average Bonchev–Trinajstić information content (AvgIpc) is 2.66. The lowest BCUT2D eigenvalue weighted by atomic mass is 10.0. The molecule has 1 aromatic carbocycles. The van der Waals surface area contributed by atoms with E-state index < -0.39 is 0 Å². The van der Waals surface area contributed by atoms with Crippen LogP contribution in [0, 0.1) is 6.92 Å². The number of fused-ring (bicyclic) bond motifs is 1. The zero-order valence-corrected chi connectivity index (χ0v) is 16.5. The van der Waals surface area contributed by atoms with Crippen LogP contribution in [-0.4, -0.2) is 55.5 Å². The second-order valence-corrected chi connectivity index (χ2v) is 7.64. The van der Waals surface area contributed by atoms with Gasteiger partial charge in [-0.2, -0.15) is 0 Å². The Morgan fingerprint density at radius 1 is 1.30 bits per heavy atom. The van der Waals surface area contributed by atoms with Gasteiger partial charge in [-0.1, -0.05) is 12.5 Å². The van der Waals surface area contributed by atoms with Crippen molar-refractivity contribution < 1.29 is 14.3 Å². The zero-order valence-electron chi connectivity index (χ0n) is 16.5. The lowest BCUT2D eigenvalue weighted by Crippen LogP contribution is -2.41. The summed E-state index contributed by atoms with van der Waals surface area (Å²) in [7, 11) is 0. The van der Waals surface area contributed by atoms with Crippen LogP contribution in [0.3, 0.4) is 0 Å². The molecule has 0 saturated carbocycles. The van der Waals surface area contributed by atoms with E-state index in [9.17, 15) is 9.59 Å². The monoisotopic (exact) mass is 373 g/mol. The minimum absolute atomic E-state index is 0.00496. The molecule has 3 rings (SSSR count). The first kappa shape index (κ1) is 19.7. The van der Waals surface area contributed by atoms with E-state index in [4.69, 9.17) is 4.74 Å². The topological polar surface area (TPSA) is 61.9 Å². The maximum absolute atomic E-state index is 12.2. The molecule has 0 aromatic heterocycles. The lowest BCUT2D eigenvalue weighted by molar-refractivity contribution is -0.122. The maximum Gasteiger partial charge on any atom is 0.265 e. The van der Waals surface area contributed by atoms with Gasteiger partial charge in [0, 0.05) is 32.1 Å². The zero-order chi connectivity index (χ0) is 19.2. The third-order valence-corrected chi connectivity index (χ3v) is 5.51. The number of likely N-dealkylation sites (tertiary alicyclic amines) is 1. The number of nitrogens with one attached hydrogen (secondary N) is 1. The molecule has 6 heteroatoms. The molecular weight excluding hydrogens is 342 g/mol. The molecule has 27 heavy (non-hydrogen) atoms. The summed E-state index contributed by atoms with van der Waals surface area (Å²) in [6.45, 7) is 7.59. The minimum Gasteiger partial charge on any atom is -0.482 e. The molecule has 2 heterocycles. The van der Waals surface area contributed by atoms with Crippen molar-refractivity contribution in [2.75, 3.05) is 37.7 Å². The number of anilines is 1. The van der Waals surface area contributed by atoms with Gasteiger partial charge >= 0.3 is 0 Å². The Balaban J connectivity index is 1.41. The minimum atomic E-state index is -0.0989. The molecule has 0 bridgehead atoms. The maximum atomic E-state index is 12.2. The van der Waals surface area contributed by atoms with Gasteiger partial charge in [-0.15, -0.1) is 0 Å². The van der Waals surface area contributed by atoms with Gasteiger partial charge in [-0.05, 0) is 57.4 Å². The van der Waals surface area contributed by atoms with Crippen molar-refractivity contribution in [2.24, 2.45) is 0 Å². The summed E-state index contributed by atoms with van der Waals surface area (Å²) in [6, 6.07) is 6.43. The molecular formula is C21H31N3O3. The van der Waals surface area contributed by atoms with Crippen LogP contribution in [0.4, 0.5) is 5.69 Å². The Morgan fingerprint density at radius 2 is 2.15 bits per heavy atom. The van der Waals surface area contributed by atoms with E-state index in [1.54, 1.807) is 4.90 Å². The van der Waals surface area contributed by atoms with Gasteiger partial charge in [0.15, 0.2) is 6.61 Å². The number of amides is 2. The van der Waals surface area contributed by atoms with Crippen LogP contribution in [0.15, 0.2) is 18.2 Å². The summed E-state index contributed by atoms with van der Waals surface area (Å²) in [4.78, 5) is 28.5. The van der Waals surface area contributed by atoms with E-state index in [1.807, 2.05) is 25.1 Å². The van der Waals surface area contributed by atoms with Gasteiger partial charge in [0.1, 0.15) is 5.75 Å². The molecule has 1 aromatic rings. The van der Waals surface area contributed by atoms with Crippen molar-refractivity contribution in [1.29, 1.82) is 0 Å². The number of hydrogen-bond donors (Lipinski definition) is 1. The summed E-state index contributed by atoms with van der Waals surface area (Å²) in [5, 5.41) is 2.99. The van der Waals surface area contributed by atoms with Crippen LogP contribution in [0.25, 0.3) is 0 Å². The van der Waals surface area contributed by atoms with Crippen molar-refractivity contribution in [3.05, 3.63) is 23.8 Å². The van der Waals surface area contributed by atoms with Gasteiger partial charge in [0.2, 0.25) is 5.91 Å². The van der Waals surface area contributed by atoms with Gasteiger partial charge < -0.3 is 19.9 Å². The normalized spacial score (nSPS) is 20.1. The first-order valence-corrected chi connectivity index (χ1v) is 10.1. The van der Waals surface area contributed by atoms with Crippen molar-refractivity contribution >= 4 is 17.5 Å². The molecule has 1 saturated heterocycles. The molecule has 1 unspecified atom stereocenters. The van der Waals surface area contributed by atoms with Gasteiger partial charge in [-0.25, -0.2) is 0 Å². The predicted octanol–water partition coefficient (Wildman–Crippen LogP) is 2.49. The molecule has 2 aliphatic rings. The van der Waals surface area contributed by atoms with Crippen LogP contribution in [0.1, 0.15) is 44.6 Å². The number of rotatable bonds is 7. The molecule has 0 aliphatic carbocycles. The highest BCUT2D eigenvalue weighted by Gasteiger charge is 2.25. The quantitative estimate of drug-likeness (QED) is 0.746. The van der Waals surface area contributed by atoms with E-state index in [-0.39, 0.29) is 18.4 Å². The van der Waals surface area contributed by atoms with Crippen LogP contribution in [0.2, 0.25) is 0 Å². The standard InChI is InChI=1S/C21H31N3O3/c1-16-7-8-18-19(14-16)27-15-21(26)24(18)13-9-20(25)22-10-5-12-23-11-4-3-6-17(23)2/h7-8,14,17H,3-6,9-13,15H2,1-2H3,(H,22,25). The third kappa shape index (κ3) is 5.22. The van der Waals surface area contributed by atoms with Gasteiger partial charge in [0.05, 0.1) is 5.69 Å². The number of hydrogen-bond acceptors (Lipinski definition) is 4. The first-order chi connectivity index (χ1) is 13.0. The lowest BCUT2D eigenvalue weighted by Gasteiger charge is -2.33. The summed E-state index contributed by atoms with van der Waals surface area (Å²) in [5.74, 6) is 0.610. The molecule has 2 aliphatic heterocycles. The number of ether oxygens (including phenoxy) is 1. The average molecular weight is 373 g/mol. The van der Waals surface area contributed by atoms with Gasteiger partial charge in [-0.3, -0.25) is 9.59 Å². The number of benzene rings is 1. The van der Waals surface area contributed by atoms with Crippen molar-refractivity contribution in [2.45, 2.75) is 52.0 Å². The van der Waals surface area contributed by atoms with Crippen LogP contribution < -0.4 is 15.0 Å². The molecule has 1 fully saturated rings. The first-order valence-electron chi connectivity index (χ1n) is 10.1. The number of carbonyl (C=O) groups excluding carboxylic acids is 2. The molecule has 148 valence electrons. The van der Waals surface area contributed by atoms with Gasteiger partial charge in [0.25, 0.3) is 5.91 Å². The van der Waals surface area contributed by atoms with Crippen LogP contribution in [0.5, 0.6) is 5.75 Å². The number of aryl methyl sites for hydroxylation is 1. The summed E-state index contributed by atoms with van der Waals surface area (Å²) in [6.07, 6.45) is 5.16. The molecule has 1 N–H and O–H groups in total. The third-order valence-electron chi connectivity index (χ3n) is 5.51. The highest BCUT2D eigenvalue weighted by Crippen LogP contribution is 2.32. The fraction of sp³-hybridized carbons (Fsp3) is 0.619. The highest BCUT2D eigenvalue weighted by molar-refractivity contribution is 5.98. The van der Waals surface area contributed by atoms with Crippen molar-refractivity contribution in [3.8, 4) is 5.75 Å². The fourth-order valence-corrected chi connectivity index (χ4v) is 3.86. The Kier molecular flexibility index (Phi) is 6.72. The van der Waals surface area contributed by atoms with E-state index in [0.717, 1.165) is 24.2 Å². The van der Waals surface area contributed by atoms with Crippen LogP contribution in [-0.2, 0) is 9.59 Å². The van der Waals surface area contributed by atoms with E-state index in [2.05, 4.69) is 17.1 Å². The molecule has 0 spiro atoms. The number of piperidine rings is 1. The SMILES string of the molecule is Cc1ccc2c(c1)OCC(=O)N2CCC(=O)NCCCN1CCCCC1C. The predicted molar refractivity (Wildman–Crippen MR) is 106 cm³/mol. The second-order valence-electron chi connectivity index (χ2n) is 7.64. The summed E-state index contributed by atoms with van der Waals surface area (Å²) in [5.41, 5.74) is 1.84.